The van der Waals surface area contributed by atoms with Gasteiger partial charge in [-0.15, -0.1) is 0 Å². The number of rotatable bonds is 3. The van der Waals surface area contributed by atoms with Crippen LogP contribution in [0.1, 0.15) is 24.8 Å². The summed E-state index contributed by atoms with van der Waals surface area (Å²) in [5.74, 6) is 1.74. The van der Waals surface area contributed by atoms with Crippen LogP contribution in [-0.4, -0.2) is 62.0 Å². The molecule has 3 aliphatic heterocycles. The van der Waals surface area contributed by atoms with Gasteiger partial charge >= 0.3 is 0 Å². The van der Waals surface area contributed by atoms with E-state index in [0.29, 0.717) is 12.8 Å². The molecule has 2 fully saturated rings. The number of anilines is 2. The maximum atomic E-state index is 5.55. The van der Waals surface area contributed by atoms with Gasteiger partial charge in [0.1, 0.15) is 0 Å². The third kappa shape index (κ3) is 3.86. The van der Waals surface area contributed by atoms with Crippen LogP contribution in [0.3, 0.4) is 0 Å². The van der Waals surface area contributed by atoms with Crippen LogP contribution in [0.2, 0.25) is 0 Å². The maximum Gasteiger partial charge on any atom is 0.231 e. The van der Waals surface area contributed by atoms with Gasteiger partial charge in [-0.2, -0.15) is 0 Å². The SMILES string of the molecule is Cc1cnccc1N1CCCN(C2CCN(c3ccc4c(c3)OCO4)CC2)CC1. The highest BCUT2D eigenvalue weighted by Gasteiger charge is 2.27. The Bertz CT molecular complexity index is 851. The van der Waals surface area contributed by atoms with E-state index in [0.717, 1.165) is 44.2 Å². The fourth-order valence-corrected chi connectivity index (χ4v) is 4.94. The molecule has 6 nitrogen and oxygen atoms in total. The molecule has 0 unspecified atom stereocenters. The molecule has 2 aromatic rings. The Labute approximate surface area is 173 Å². The first kappa shape index (κ1) is 18.6. The Morgan fingerprint density at radius 1 is 0.897 bits per heavy atom. The molecule has 2 saturated heterocycles. The van der Waals surface area contributed by atoms with Crippen LogP contribution in [0.15, 0.2) is 36.7 Å². The van der Waals surface area contributed by atoms with Crippen molar-refractivity contribution in [3.8, 4) is 11.5 Å². The van der Waals surface area contributed by atoms with Gasteiger partial charge in [0.15, 0.2) is 11.5 Å². The zero-order valence-electron chi connectivity index (χ0n) is 17.2. The second kappa shape index (κ2) is 8.11. The Kier molecular flexibility index (Phi) is 5.19. The van der Waals surface area contributed by atoms with Gasteiger partial charge in [0, 0.05) is 75.1 Å². The standard InChI is InChI=1S/C23H30N4O2/c1-18-16-24-8-5-21(18)27-10-2-9-25(13-14-27)19-6-11-26(12-7-19)20-3-4-22-23(15-20)29-17-28-22/h3-5,8,15-16,19H,2,6-7,9-14,17H2,1H3. The summed E-state index contributed by atoms with van der Waals surface area (Å²) in [7, 11) is 0. The average molecular weight is 395 g/mol. The molecular weight excluding hydrogens is 364 g/mol. The van der Waals surface area contributed by atoms with Gasteiger partial charge in [-0.05, 0) is 49.9 Å². The van der Waals surface area contributed by atoms with Crippen molar-refractivity contribution < 1.29 is 9.47 Å². The summed E-state index contributed by atoms with van der Waals surface area (Å²) in [5, 5.41) is 0. The van der Waals surface area contributed by atoms with Gasteiger partial charge in [0.05, 0.1) is 0 Å². The molecule has 154 valence electrons. The number of pyridine rings is 1. The topological polar surface area (TPSA) is 41.1 Å². The van der Waals surface area contributed by atoms with E-state index < -0.39 is 0 Å². The number of piperidine rings is 1. The Balaban J connectivity index is 1.18. The quantitative estimate of drug-likeness (QED) is 0.796. The fraction of sp³-hybridized carbons (Fsp3) is 0.522. The average Bonchev–Trinajstić information content (AvgIpc) is 3.10. The largest absolute Gasteiger partial charge is 0.454 e. The Hall–Kier alpha value is -2.47. The Morgan fingerprint density at radius 2 is 1.76 bits per heavy atom. The lowest BCUT2D eigenvalue weighted by molar-refractivity contribution is 0.174. The summed E-state index contributed by atoms with van der Waals surface area (Å²) in [5.41, 5.74) is 3.88. The smallest absolute Gasteiger partial charge is 0.231 e. The number of benzene rings is 1. The van der Waals surface area contributed by atoms with Crippen LogP contribution in [0, 0.1) is 6.92 Å². The van der Waals surface area contributed by atoms with Gasteiger partial charge in [0.25, 0.3) is 0 Å². The zero-order chi connectivity index (χ0) is 19.6. The van der Waals surface area contributed by atoms with E-state index in [9.17, 15) is 0 Å². The van der Waals surface area contributed by atoms with Crippen LogP contribution < -0.4 is 19.3 Å². The normalized spacial score (nSPS) is 20.7. The molecule has 0 saturated carbocycles. The maximum absolute atomic E-state index is 5.55. The lowest BCUT2D eigenvalue weighted by atomic mass is 10.0. The summed E-state index contributed by atoms with van der Waals surface area (Å²) in [6.07, 6.45) is 7.57. The second-order valence-electron chi connectivity index (χ2n) is 8.29. The van der Waals surface area contributed by atoms with E-state index in [1.807, 2.05) is 18.5 Å². The van der Waals surface area contributed by atoms with Crippen molar-refractivity contribution in [2.75, 3.05) is 55.9 Å². The number of ether oxygens (including phenoxy) is 2. The minimum Gasteiger partial charge on any atom is -0.454 e. The van der Waals surface area contributed by atoms with Crippen molar-refractivity contribution in [1.82, 2.24) is 9.88 Å². The summed E-state index contributed by atoms with van der Waals surface area (Å²) in [6, 6.07) is 9.18. The third-order valence-corrected chi connectivity index (χ3v) is 6.56. The van der Waals surface area contributed by atoms with E-state index in [1.54, 1.807) is 0 Å². The van der Waals surface area contributed by atoms with Crippen molar-refractivity contribution in [3.05, 3.63) is 42.2 Å². The molecule has 1 aromatic carbocycles. The molecule has 6 heteroatoms. The first-order valence-corrected chi connectivity index (χ1v) is 10.8. The van der Waals surface area contributed by atoms with Crippen molar-refractivity contribution >= 4 is 11.4 Å². The van der Waals surface area contributed by atoms with E-state index in [2.05, 4.69) is 44.8 Å². The molecule has 29 heavy (non-hydrogen) atoms. The molecule has 0 spiro atoms. The third-order valence-electron chi connectivity index (χ3n) is 6.56. The van der Waals surface area contributed by atoms with Crippen LogP contribution in [0.5, 0.6) is 11.5 Å². The van der Waals surface area contributed by atoms with Crippen LogP contribution in [0.4, 0.5) is 11.4 Å². The summed E-state index contributed by atoms with van der Waals surface area (Å²) >= 11 is 0. The molecule has 0 aliphatic carbocycles. The van der Waals surface area contributed by atoms with Gasteiger partial charge in [-0.1, -0.05) is 0 Å². The summed E-state index contributed by atoms with van der Waals surface area (Å²) in [4.78, 5) is 12.0. The predicted octanol–water partition coefficient (Wildman–Crippen LogP) is 3.30. The number of hydrogen-bond acceptors (Lipinski definition) is 6. The highest BCUT2D eigenvalue weighted by molar-refractivity contribution is 5.57. The minimum absolute atomic E-state index is 0.339. The van der Waals surface area contributed by atoms with Crippen molar-refractivity contribution in [1.29, 1.82) is 0 Å². The van der Waals surface area contributed by atoms with Crippen molar-refractivity contribution in [2.45, 2.75) is 32.2 Å². The van der Waals surface area contributed by atoms with E-state index in [4.69, 9.17) is 9.47 Å². The zero-order valence-corrected chi connectivity index (χ0v) is 17.2. The number of aromatic nitrogens is 1. The molecular formula is C23H30N4O2. The van der Waals surface area contributed by atoms with Gasteiger partial charge in [-0.3, -0.25) is 9.88 Å². The molecule has 0 N–H and O–H groups in total. The number of nitrogens with zero attached hydrogens (tertiary/aromatic N) is 4. The second-order valence-corrected chi connectivity index (χ2v) is 8.29. The fourth-order valence-electron chi connectivity index (χ4n) is 4.94. The van der Waals surface area contributed by atoms with E-state index in [1.165, 1.54) is 42.7 Å². The van der Waals surface area contributed by atoms with E-state index >= 15 is 0 Å². The number of fused-ring (bicyclic) bond motifs is 1. The van der Waals surface area contributed by atoms with Gasteiger partial charge in [0.2, 0.25) is 6.79 Å². The van der Waals surface area contributed by atoms with Crippen molar-refractivity contribution in [2.24, 2.45) is 0 Å². The lowest BCUT2D eigenvalue weighted by Crippen LogP contribution is -2.46. The molecule has 5 rings (SSSR count). The summed E-state index contributed by atoms with van der Waals surface area (Å²) in [6.45, 7) is 9.31. The first-order chi connectivity index (χ1) is 14.3. The molecule has 3 aliphatic rings. The van der Waals surface area contributed by atoms with Gasteiger partial charge in [-0.25, -0.2) is 0 Å². The van der Waals surface area contributed by atoms with E-state index in [-0.39, 0.29) is 0 Å². The Morgan fingerprint density at radius 3 is 2.62 bits per heavy atom. The molecule has 0 bridgehead atoms. The summed E-state index contributed by atoms with van der Waals surface area (Å²) < 4.78 is 11.0. The number of hydrogen-bond donors (Lipinski definition) is 0. The lowest BCUT2D eigenvalue weighted by Gasteiger charge is -2.39. The molecule has 0 radical (unpaired) electrons. The van der Waals surface area contributed by atoms with Crippen LogP contribution >= 0.6 is 0 Å². The van der Waals surface area contributed by atoms with Crippen LogP contribution in [-0.2, 0) is 0 Å². The highest BCUT2D eigenvalue weighted by atomic mass is 16.7. The highest BCUT2D eigenvalue weighted by Crippen LogP contribution is 2.36. The number of aryl methyl sites for hydroxylation is 1. The van der Waals surface area contributed by atoms with Crippen molar-refractivity contribution in [3.63, 3.8) is 0 Å². The first-order valence-electron chi connectivity index (χ1n) is 10.8. The predicted molar refractivity (Wildman–Crippen MR) is 115 cm³/mol. The monoisotopic (exact) mass is 394 g/mol. The molecule has 0 amide bonds. The van der Waals surface area contributed by atoms with Gasteiger partial charge < -0.3 is 19.3 Å². The molecule has 4 heterocycles. The van der Waals surface area contributed by atoms with Crippen LogP contribution in [0.25, 0.3) is 0 Å². The molecule has 0 atom stereocenters. The molecule has 1 aromatic heterocycles. The minimum atomic E-state index is 0.339.